The van der Waals surface area contributed by atoms with Crippen LogP contribution < -0.4 is 5.32 Å². The summed E-state index contributed by atoms with van der Waals surface area (Å²) >= 11 is 6.11. The van der Waals surface area contributed by atoms with E-state index in [0.717, 1.165) is 17.5 Å². The number of benzene rings is 1. The van der Waals surface area contributed by atoms with Gasteiger partial charge in [0, 0.05) is 24.2 Å². The van der Waals surface area contributed by atoms with Crippen LogP contribution in [-0.4, -0.2) is 32.4 Å². The highest BCUT2D eigenvalue weighted by atomic mass is 35.5. The quantitative estimate of drug-likeness (QED) is 0.870. The van der Waals surface area contributed by atoms with Crippen LogP contribution in [0.15, 0.2) is 17.0 Å². The maximum atomic E-state index is 12.9. The zero-order chi connectivity index (χ0) is 16.4. The molecule has 1 aromatic carbocycles. The maximum Gasteiger partial charge on any atom is 0.243 e. The molecule has 0 saturated carbocycles. The molecule has 0 amide bonds. The fraction of sp³-hybridized carbons (Fsp3) is 0.600. The molecule has 0 spiro atoms. The van der Waals surface area contributed by atoms with Crippen molar-refractivity contribution in [2.75, 3.05) is 14.1 Å². The van der Waals surface area contributed by atoms with E-state index in [9.17, 15) is 8.42 Å². The van der Waals surface area contributed by atoms with Crippen molar-refractivity contribution in [3.8, 4) is 0 Å². The Balaban J connectivity index is 3.45. The molecule has 21 heavy (non-hydrogen) atoms. The maximum absolute atomic E-state index is 12.9. The van der Waals surface area contributed by atoms with Crippen molar-refractivity contribution >= 4 is 21.6 Å². The number of nitrogens with one attached hydrogen (secondary N) is 1. The first-order valence-corrected chi connectivity index (χ1v) is 8.82. The van der Waals surface area contributed by atoms with Crippen LogP contribution in [0.25, 0.3) is 0 Å². The molecule has 0 saturated heterocycles. The Bertz CT molecular complexity index is 612. The summed E-state index contributed by atoms with van der Waals surface area (Å²) in [6, 6.07) is 3.34. The van der Waals surface area contributed by atoms with E-state index in [-0.39, 0.29) is 4.90 Å². The fourth-order valence-electron chi connectivity index (χ4n) is 2.05. The third-order valence-electron chi connectivity index (χ3n) is 4.16. The number of nitrogens with zero attached hydrogens (tertiary/aromatic N) is 1. The van der Waals surface area contributed by atoms with Crippen molar-refractivity contribution in [3.05, 3.63) is 28.3 Å². The van der Waals surface area contributed by atoms with Crippen LogP contribution in [0.5, 0.6) is 0 Å². The Labute approximate surface area is 133 Å². The van der Waals surface area contributed by atoms with Gasteiger partial charge in [0.15, 0.2) is 0 Å². The van der Waals surface area contributed by atoms with E-state index in [2.05, 4.69) is 5.32 Å². The molecule has 1 N–H and O–H groups in total. The first-order chi connectivity index (χ1) is 9.57. The van der Waals surface area contributed by atoms with Crippen LogP contribution in [0.2, 0.25) is 5.02 Å². The summed E-state index contributed by atoms with van der Waals surface area (Å²) in [7, 11) is -0.139. The molecule has 0 aliphatic heterocycles. The molecule has 0 aromatic heterocycles. The summed E-state index contributed by atoms with van der Waals surface area (Å²) in [5.74, 6) is 0. The molecule has 120 valence electrons. The molecule has 0 bridgehead atoms. The highest BCUT2D eigenvalue weighted by Crippen LogP contribution is 2.30. The third kappa shape index (κ3) is 3.77. The minimum absolute atomic E-state index is 0.282. The molecule has 0 radical (unpaired) electrons. The van der Waals surface area contributed by atoms with Gasteiger partial charge in [-0.25, -0.2) is 8.42 Å². The highest BCUT2D eigenvalue weighted by Gasteiger charge is 2.34. The first kappa shape index (κ1) is 18.4. The van der Waals surface area contributed by atoms with Gasteiger partial charge >= 0.3 is 0 Å². The molecular weight excluding hydrogens is 308 g/mol. The monoisotopic (exact) mass is 332 g/mol. The largest absolute Gasteiger partial charge is 0.316 e. The number of hydrogen-bond donors (Lipinski definition) is 1. The highest BCUT2D eigenvalue weighted by molar-refractivity contribution is 7.89. The van der Waals surface area contributed by atoms with Gasteiger partial charge in [0.05, 0.1) is 4.90 Å². The lowest BCUT2D eigenvalue weighted by Gasteiger charge is -2.34. The molecule has 0 fully saturated rings. The zero-order valence-corrected chi connectivity index (χ0v) is 15.2. The molecule has 0 heterocycles. The van der Waals surface area contributed by atoms with Crippen LogP contribution in [0, 0.1) is 6.92 Å². The Morgan fingerprint density at radius 2 is 1.90 bits per heavy atom. The minimum Gasteiger partial charge on any atom is -0.316 e. The predicted molar refractivity (Wildman–Crippen MR) is 88.3 cm³/mol. The lowest BCUT2D eigenvalue weighted by atomic mass is 10.0. The minimum atomic E-state index is -3.58. The van der Waals surface area contributed by atoms with E-state index >= 15 is 0 Å². The Hall–Kier alpha value is -0.620. The smallest absolute Gasteiger partial charge is 0.243 e. The number of hydrogen-bond acceptors (Lipinski definition) is 3. The number of rotatable bonds is 6. The zero-order valence-electron chi connectivity index (χ0n) is 13.6. The summed E-state index contributed by atoms with van der Waals surface area (Å²) in [6.07, 6.45) is 0.728. The van der Waals surface area contributed by atoms with Crippen LogP contribution in [0.4, 0.5) is 0 Å². The van der Waals surface area contributed by atoms with E-state index in [1.807, 2.05) is 34.7 Å². The van der Waals surface area contributed by atoms with Gasteiger partial charge in [-0.05, 0) is 57.5 Å². The van der Waals surface area contributed by atoms with Crippen LogP contribution in [0.3, 0.4) is 0 Å². The molecule has 1 aromatic rings. The van der Waals surface area contributed by atoms with E-state index in [0.29, 0.717) is 11.6 Å². The van der Waals surface area contributed by atoms with Gasteiger partial charge in [-0.3, -0.25) is 0 Å². The summed E-state index contributed by atoms with van der Waals surface area (Å²) in [5, 5.41) is 3.47. The topological polar surface area (TPSA) is 49.4 Å². The lowest BCUT2D eigenvalue weighted by Crippen LogP contribution is -2.44. The van der Waals surface area contributed by atoms with E-state index in [4.69, 9.17) is 11.6 Å². The van der Waals surface area contributed by atoms with Gasteiger partial charge in [-0.15, -0.1) is 0 Å². The van der Waals surface area contributed by atoms with E-state index in [1.54, 1.807) is 13.1 Å². The summed E-state index contributed by atoms with van der Waals surface area (Å²) in [4.78, 5) is 0.282. The van der Waals surface area contributed by atoms with Gasteiger partial charge in [-0.2, -0.15) is 4.31 Å². The summed E-state index contributed by atoms with van der Waals surface area (Å²) in [5.41, 5.74) is 1.19. The van der Waals surface area contributed by atoms with Gasteiger partial charge in [0.1, 0.15) is 0 Å². The summed E-state index contributed by atoms with van der Waals surface area (Å²) < 4.78 is 27.3. The summed E-state index contributed by atoms with van der Waals surface area (Å²) in [6.45, 7) is 8.21. The second-order valence-corrected chi connectivity index (χ2v) is 8.23. The van der Waals surface area contributed by atoms with Crippen LogP contribution >= 0.6 is 11.6 Å². The molecule has 6 heteroatoms. The van der Waals surface area contributed by atoms with Crippen molar-refractivity contribution in [3.63, 3.8) is 0 Å². The Morgan fingerprint density at radius 3 is 2.38 bits per heavy atom. The van der Waals surface area contributed by atoms with Crippen molar-refractivity contribution < 1.29 is 8.42 Å². The second-order valence-electron chi connectivity index (χ2n) is 5.86. The van der Waals surface area contributed by atoms with Crippen molar-refractivity contribution in [1.82, 2.24) is 9.62 Å². The van der Waals surface area contributed by atoms with Gasteiger partial charge < -0.3 is 5.32 Å². The first-order valence-electron chi connectivity index (χ1n) is 7.00. The normalized spacial score (nSPS) is 13.0. The van der Waals surface area contributed by atoms with Crippen molar-refractivity contribution in [2.24, 2.45) is 0 Å². The van der Waals surface area contributed by atoms with Gasteiger partial charge in [-0.1, -0.05) is 18.5 Å². The Kier molecular flexibility index (Phi) is 5.83. The van der Waals surface area contributed by atoms with E-state index in [1.165, 1.54) is 10.4 Å². The van der Waals surface area contributed by atoms with Gasteiger partial charge in [0.25, 0.3) is 0 Å². The molecule has 0 unspecified atom stereocenters. The fourth-order valence-corrected chi connectivity index (χ4v) is 4.22. The number of halogens is 1. The van der Waals surface area contributed by atoms with Crippen LogP contribution in [-0.2, 0) is 16.6 Å². The predicted octanol–water partition coefficient (Wildman–Crippen LogP) is 3.18. The molecule has 0 atom stereocenters. The molecule has 1 rings (SSSR count). The SMILES string of the molecule is CCC(C)(C)N(C)S(=O)(=O)c1cc(Cl)cc(CNC)c1C. The average molecular weight is 333 g/mol. The van der Waals surface area contributed by atoms with Crippen LogP contribution in [0.1, 0.15) is 38.3 Å². The molecular formula is C15H25ClN2O2S. The molecule has 0 aliphatic carbocycles. The second kappa shape index (κ2) is 6.65. The van der Waals surface area contributed by atoms with Crippen molar-refractivity contribution in [2.45, 2.75) is 51.1 Å². The Morgan fingerprint density at radius 1 is 1.33 bits per heavy atom. The molecule has 0 aliphatic rings. The molecule has 4 nitrogen and oxygen atoms in total. The number of sulfonamides is 1. The van der Waals surface area contributed by atoms with Gasteiger partial charge in [0.2, 0.25) is 10.0 Å². The van der Waals surface area contributed by atoms with E-state index < -0.39 is 15.6 Å². The standard InChI is InChI=1S/C15H25ClN2O2S/c1-7-15(3,4)18(6)21(19,20)14-9-13(16)8-12(10-17-5)11(14)2/h8-9,17H,7,10H2,1-6H3. The lowest BCUT2D eigenvalue weighted by molar-refractivity contribution is 0.257. The third-order valence-corrected chi connectivity index (χ3v) is 6.57. The average Bonchev–Trinajstić information content (AvgIpc) is 2.41. The van der Waals surface area contributed by atoms with Crippen molar-refractivity contribution in [1.29, 1.82) is 0 Å².